The molecule has 0 spiro atoms. The standard InChI is InChI=1S/C41H39N3/c1-40(2,3)33-25-32(26-34(27-33)41(4,5)6)28-21-23-31(24-22-28)38-42-37(30-17-11-8-12-18-30)43-39(44-38)36-20-14-13-19-35(36)29-15-9-7-10-16-29/h7-27H,1-6H3. The minimum absolute atomic E-state index is 0.0567. The van der Waals surface area contributed by atoms with Crippen LogP contribution in [0.5, 0.6) is 0 Å². The lowest BCUT2D eigenvalue weighted by atomic mass is 9.79. The molecule has 0 radical (unpaired) electrons. The van der Waals surface area contributed by atoms with Crippen LogP contribution in [0.15, 0.2) is 127 Å². The summed E-state index contributed by atoms with van der Waals surface area (Å²) in [5.74, 6) is 1.97. The highest BCUT2D eigenvalue weighted by molar-refractivity contribution is 5.82. The third-order valence-electron chi connectivity index (χ3n) is 8.06. The molecule has 1 aromatic heterocycles. The maximum atomic E-state index is 5.06. The van der Waals surface area contributed by atoms with E-state index in [-0.39, 0.29) is 10.8 Å². The van der Waals surface area contributed by atoms with Gasteiger partial charge in [0.15, 0.2) is 17.5 Å². The van der Waals surface area contributed by atoms with Gasteiger partial charge in [-0.1, -0.05) is 169 Å². The van der Waals surface area contributed by atoms with Crippen LogP contribution in [0, 0.1) is 0 Å². The Kier molecular flexibility index (Phi) is 7.73. The van der Waals surface area contributed by atoms with E-state index in [0.717, 1.165) is 27.8 Å². The van der Waals surface area contributed by atoms with Crippen molar-refractivity contribution in [2.24, 2.45) is 0 Å². The number of nitrogens with zero attached hydrogens (tertiary/aromatic N) is 3. The highest BCUT2D eigenvalue weighted by Gasteiger charge is 2.21. The van der Waals surface area contributed by atoms with E-state index < -0.39 is 0 Å². The fourth-order valence-electron chi connectivity index (χ4n) is 5.36. The van der Waals surface area contributed by atoms with E-state index >= 15 is 0 Å². The number of hydrogen-bond donors (Lipinski definition) is 0. The first-order valence-corrected chi connectivity index (χ1v) is 15.3. The number of benzene rings is 5. The fourth-order valence-corrected chi connectivity index (χ4v) is 5.36. The van der Waals surface area contributed by atoms with Crippen molar-refractivity contribution in [2.45, 2.75) is 52.4 Å². The molecule has 5 aromatic carbocycles. The fraction of sp³-hybridized carbons (Fsp3) is 0.195. The molecule has 0 aliphatic heterocycles. The molecule has 3 heteroatoms. The average molecular weight is 574 g/mol. The van der Waals surface area contributed by atoms with Crippen LogP contribution < -0.4 is 0 Å². The quantitative estimate of drug-likeness (QED) is 0.206. The molecule has 3 nitrogen and oxygen atoms in total. The number of aromatic nitrogens is 3. The first-order chi connectivity index (χ1) is 21.1. The summed E-state index contributed by atoms with van der Waals surface area (Å²) in [5, 5.41) is 0. The van der Waals surface area contributed by atoms with E-state index in [0.29, 0.717) is 17.5 Å². The summed E-state index contributed by atoms with van der Waals surface area (Å²) in [6.07, 6.45) is 0. The van der Waals surface area contributed by atoms with Crippen LogP contribution in [0.25, 0.3) is 56.4 Å². The minimum atomic E-state index is 0.0567. The highest BCUT2D eigenvalue weighted by Crippen LogP contribution is 2.36. The molecule has 0 bridgehead atoms. The van der Waals surface area contributed by atoms with E-state index in [2.05, 4.69) is 126 Å². The Morgan fingerprint density at radius 1 is 0.341 bits per heavy atom. The normalized spacial score (nSPS) is 11.9. The molecule has 6 aromatic rings. The summed E-state index contributed by atoms with van der Waals surface area (Å²) < 4.78 is 0. The number of hydrogen-bond acceptors (Lipinski definition) is 3. The third-order valence-corrected chi connectivity index (χ3v) is 8.06. The van der Waals surface area contributed by atoms with Gasteiger partial charge in [0.05, 0.1) is 0 Å². The molecule has 0 aliphatic carbocycles. The third kappa shape index (κ3) is 6.23. The van der Waals surface area contributed by atoms with Gasteiger partial charge in [0, 0.05) is 16.7 Å². The summed E-state index contributed by atoms with van der Waals surface area (Å²) in [4.78, 5) is 15.0. The Labute approximate surface area is 261 Å². The molecule has 44 heavy (non-hydrogen) atoms. The van der Waals surface area contributed by atoms with Crippen LogP contribution in [-0.4, -0.2) is 15.0 Å². The van der Waals surface area contributed by atoms with Gasteiger partial charge < -0.3 is 0 Å². The zero-order chi connectivity index (χ0) is 30.9. The van der Waals surface area contributed by atoms with Crippen LogP contribution in [0.2, 0.25) is 0 Å². The van der Waals surface area contributed by atoms with Gasteiger partial charge in [0.25, 0.3) is 0 Å². The Morgan fingerprint density at radius 3 is 1.27 bits per heavy atom. The summed E-state index contributed by atoms with van der Waals surface area (Å²) in [7, 11) is 0. The zero-order valence-corrected chi connectivity index (χ0v) is 26.5. The molecular formula is C41H39N3. The summed E-state index contributed by atoms with van der Waals surface area (Å²) >= 11 is 0. The lowest BCUT2D eigenvalue weighted by Gasteiger charge is -2.26. The summed E-state index contributed by atoms with van der Waals surface area (Å²) in [6, 6.07) is 44.5. The maximum absolute atomic E-state index is 5.06. The zero-order valence-electron chi connectivity index (χ0n) is 26.5. The Morgan fingerprint density at radius 2 is 0.750 bits per heavy atom. The van der Waals surface area contributed by atoms with Crippen molar-refractivity contribution < 1.29 is 0 Å². The van der Waals surface area contributed by atoms with Crippen LogP contribution in [0.4, 0.5) is 0 Å². The average Bonchev–Trinajstić information content (AvgIpc) is 3.04. The SMILES string of the molecule is CC(C)(C)c1cc(-c2ccc(-c3nc(-c4ccccc4)nc(-c4ccccc4-c4ccccc4)n3)cc2)cc(C(C)(C)C)c1. The van der Waals surface area contributed by atoms with Gasteiger partial charge in [0.1, 0.15) is 0 Å². The lowest BCUT2D eigenvalue weighted by Crippen LogP contribution is -2.16. The summed E-state index contributed by atoms with van der Waals surface area (Å²) in [5.41, 5.74) is 10.3. The van der Waals surface area contributed by atoms with Crippen molar-refractivity contribution in [1.29, 1.82) is 0 Å². The van der Waals surface area contributed by atoms with Crippen LogP contribution in [0.1, 0.15) is 52.7 Å². The Hall–Kier alpha value is -4.89. The molecule has 0 N–H and O–H groups in total. The van der Waals surface area contributed by atoms with E-state index in [4.69, 9.17) is 15.0 Å². The largest absolute Gasteiger partial charge is 0.208 e. The van der Waals surface area contributed by atoms with E-state index in [9.17, 15) is 0 Å². The lowest BCUT2D eigenvalue weighted by molar-refractivity contribution is 0.569. The number of rotatable bonds is 5. The van der Waals surface area contributed by atoms with E-state index in [1.54, 1.807) is 0 Å². The smallest absolute Gasteiger partial charge is 0.164 e. The molecule has 0 saturated heterocycles. The van der Waals surface area contributed by atoms with Gasteiger partial charge in [-0.05, 0) is 44.2 Å². The van der Waals surface area contributed by atoms with Gasteiger partial charge in [-0.25, -0.2) is 15.0 Å². The van der Waals surface area contributed by atoms with Gasteiger partial charge in [0.2, 0.25) is 0 Å². The first kappa shape index (κ1) is 29.2. The maximum Gasteiger partial charge on any atom is 0.164 e. The topological polar surface area (TPSA) is 38.7 Å². The van der Waals surface area contributed by atoms with Crippen molar-refractivity contribution in [3.8, 4) is 56.4 Å². The van der Waals surface area contributed by atoms with E-state index in [1.807, 2.05) is 42.5 Å². The van der Waals surface area contributed by atoms with Gasteiger partial charge in [-0.3, -0.25) is 0 Å². The summed E-state index contributed by atoms with van der Waals surface area (Å²) in [6.45, 7) is 13.7. The Balaban J connectivity index is 1.46. The van der Waals surface area contributed by atoms with Crippen LogP contribution >= 0.6 is 0 Å². The molecule has 0 fully saturated rings. The Bertz CT molecular complexity index is 1860. The second-order valence-corrected chi connectivity index (χ2v) is 13.5. The predicted octanol–water partition coefficient (Wildman–Crippen LogP) is 10.8. The molecule has 218 valence electrons. The van der Waals surface area contributed by atoms with Gasteiger partial charge in [-0.2, -0.15) is 0 Å². The molecule has 6 rings (SSSR count). The molecule has 0 aliphatic rings. The molecule has 0 saturated carbocycles. The van der Waals surface area contributed by atoms with Crippen molar-refractivity contribution in [2.75, 3.05) is 0 Å². The first-order valence-electron chi connectivity index (χ1n) is 15.3. The van der Waals surface area contributed by atoms with Gasteiger partial charge >= 0.3 is 0 Å². The molecule has 1 heterocycles. The van der Waals surface area contributed by atoms with Crippen molar-refractivity contribution in [3.63, 3.8) is 0 Å². The predicted molar refractivity (Wildman–Crippen MR) is 184 cm³/mol. The van der Waals surface area contributed by atoms with Crippen LogP contribution in [0.3, 0.4) is 0 Å². The highest BCUT2D eigenvalue weighted by atomic mass is 15.0. The minimum Gasteiger partial charge on any atom is -0.208 e. The molecule has 0 amide bonds. The second kappa shape index (κ2) is 11.7. The van der Waals surface area contributed by atoms with Crippen LogP contribution in [-0.2, 0) is 10.8 Å². The molecule has 0 unspecified atom stereocenters. The second-order valence-electron chi connectivity index (χ2n) is 13.5. The monoisotopic (exact) mass is 573 g/mol. The van der Waals surface area contributed by atoms with Crippen molar-refractivity contribution in [1.82, 2.24) is 15.0 Å². The molecule has 0 atom stereocenters. The van der Waals surface area contributed by atoms with Gasteiger partial charge in [-0.15, -0.1) is 0 Å². The van der Waals surface area contributed by atoms with Crippen molar-refractivity contribution in [3.05, 3.63) is 139 Å². The van der Waals surface area contributed by atoms with Crippen molar-refractivity contribution >= 4 is 0 Å². The molecular weight excluding hydrogens is 534 g/mol. The van der Waals surface area contributed by atoms with E-state index in [1.165, 1.54) is 22.3 Å².